The Balaban J connectivity index is 1.65. The van der Waals surface area contributed by atoms with Crippen molar-refractivity contribution in [3.8, 4) is 0 Å². The first-order chi connectivity index (χ1) is 8.34. The molecule has 0 amide bonds. The minimum Gasteiger partial charge on any atom is -0.370 e. The van der Waals surface area contributed by atoms with Crippen LogP contribution in [0.1, 0.15) is 12.8 Å². The number of aromatic amines is 1. The predicted molar refractivity (Wildman–Crippen MR) is 64.8 cm³/mol. The van der Waals surface area contributed by atoms with Gasteiger partial charge in [0.25, 0.3) is 5.56 Å². The van der Waals surface area contributed by atoms with E-state index in [1.54, 1.807) is 6.20 Å². The van der Waals surface area contributed by atoms with Crippen molar-refractivity contribution in [3.05, 3.63) is 41.5 Å². The summed E-state index contributed by atoms with van der Waals surface area (Å²) in [5, 5.41) is 3.11. The normalized spacial score (nSPS) is 10.4. The average Bonchev–Trinajstić information content (AvgIpc) is 2.82. The third kappa shape index (κ3) is 3.75. The predicted octanol–water partition coefficient (Wildman–Crippen LogP) is 0.859. The van der Waals surface area contributed by atoms with E-state index in [-0.39, 0.29) is 5.56 Å². The highest BCUT2D eigenvalue weighted by Gasteiger charge is 1.94. The van der Waals surface area contributed by atoms with Crippen molar-refractivity contribution in [1.82, 2.24) is 19.5 Å². The zero-order valence-electron chi connectivity index (χ0n) is 9.47. The molecule has 0 unspecified atom stereocenters. The fraction of sp³-hybridized carbons (Fsp3) is 0.364. The van der Waals surface area contributed by atoms with Gasteiger partial charge in [0.05, 0.1) is 12.7 Å². The van der Waals surface area contributed by atoms with Gasteiger partial charge in [-0.15, -0.1) is 0 Å². The lowest BCUT2D eigenvalue weighted by Crippen LogP contribution is -2.10. The van der Waals surface area contributed by atoms with E-state index < -0.39 is 0 Å². The van der Waals surface area contributed by atoms with Crippen molar-refractivity contribution in [2.75, 3.05) is 11.9 Å². The second kappa shape index (κ2) is 5.83. The van der Waals surface area contributed by atoms with Gasteiger partial charge in [-0.05, 0) is 12.8 Å². The molecular weight excluding hydrogens is 218 g/mol. The number of nitrogens with one attached hydrogen (secondary N) is 2. The van der Waals surface area contributed by atoms with Crippen LogP contribution in [0.25, 0.3) is 0 Å². The number of aryl methyl sites for hydroxylation is 1. The van der Waals surface area contributed by atoms with Gasteiger partial charge in [-0.2, -0.15) is 0 Å². The van der Waals surface area contributed by atoms with E-state index in [4.69, 9.17) is 0 Å². The SMILES string of the molecule is O=c1cc(NCCCCn2ccnc2)nc[nH]1. The number of anilines is 1. The van der Waals surface area contributed by atoms with Gasteiger partial charge in [0.15, 0.2) is 0 Å². The van der Waals surface area contributed by atoms with Gasteiger partial charge in [0.2, 0.25) is 0 Å². The van der Waals surface area contributed by atoms with Gasteiger partial charge in [-0.1, -0.05) is 0 Å². The first kappa shape index (κ1) is 11.4. The van der Waals surface area contributed by atoms with Crippen LogP contribution in [0.5, 0.6) is 0 Å². The maximum atomic E-state index is 11.0. The Morgan fingerprint density at radius 1 is 1.41 bits per heavy atom. The van der Waals surface area contributed by atoms with Gasteiger partial charge < -0.3 is 14.9 Å². The Kier molecular flexibility index (Phi) is 3.90. The van der Waals surface area contributed by atoms with Crippen LogP contribution in [0, 0.1) is 0 Å². The number of hydrogen-bond acceptors (Lipinski definition) is 4. The Hall–Kier alpha value is -2.11. The largest absolute Gasteiger partial charge is 0.370 e. The number of nitrogens with zero attached hydrogens (tertiary/aromatic N) is 3. The van der Waals surface area contributed by atoms with Crippen molar-refractivity contribution >= 4 is 5.82 Å². The molecule has 0 aliphatic carbocycles. The molecule has 0 aromatic carbocycles. The topological polar surface area (TPSA) is 75.6 Å². The molecule has 0 aliphatic heterocycles. The number of aromatic nitrogens is 4. The summed E-state index contributed by atoms with van der Waals surface area (Å²) < 4.78 is 2.05. The molecule has 6 heteroatoms. The Morgan fingerprint density at radius 2 is 2.35 bits per heavy atom. The number of H-pyrrole nitrogens is 1. The first-order valence-corrected chi connectivity index (χ1v) is 5.59. The molecule has 2 aromatic rings. The third-order valence-corrected chi connectivity index (χ3v) is 2.39. The van der Waals surface area contributed by atoms with Crippen LogP contribution in [-0.4, -0.2) is 26.1 Å². The second-order valence-corrected chi connectivity index (χ2v) is 3.73. The molecule has 0 spiro atoms. The lowest BCUT2D eigenvalue weighted by Gasteiger charge is -2.05. The highest BCUT2D eigenvalue weighted by molar-refractivity contribution is 5.31. The van der Waals surface area contributed by atoms with Crippen LogP contribution >= 0.6 is 0 Å². The lowest BCUT2D eigenvalue weighted by atomic mass is 10.3. The molecule has 2 aromatic heterocycles. The van der Waals surface area contributed by atoms with Gasteiger partial charge in [0.1, 0.15) is 5.82 Å². The summed E-state index contributed by atoms with van der Waals surface area (Å²) in [6.07, 6.45) is 9.02. The van der Waals surface area contributed by atoms with Crippen LogP contribution in [0.4, 0.5) is 5.82 Å². The summed E-state index contributed by atoms with van der Waals surface area (Å²) in [6.45, 7) is 1.77. The molecule has 0 aliphatic rings. The minimum atomic E-state index is -0.138. The van der Waals surface area contributed by atoms with Crippen molar-refractivity contribution in [2.45, 2.75) is 19.4 Å². The zero-order chi connectivity index (χ0) is 11.9. The zero-order valence-corrected chi connectivity index (χ0v) is 9.47. The summed E-state index contributed by atoms with van der Waals surface area (Å²) in [4.78, 5) is 21.4. The van der Waals surface area contributed by atoms with Crippen LogP contribution in [0.15, 0.2) is 35.9 Å². The molecule has 0 saturated carbocycles. The molecule has 0 bridgehead atoms. The molecule has 90 valence electrons. The van der Waals surface area contributed by atoms with E-state index >= 15 is 0 Å². The van der Waals surface area contributed by atoms with Gasteiger partial charge in [0, 0.05) is 31.5 Å². The van der Waals surface area contributed by atoms with Crippen LogP contribution in [0.2, 0.25) is 0 Å². The van der Waals surface area contributed by atoms with Crippen LogP contribution < -0.4 is 10.9 Å². The van der Waals surface area contributed by atoms with Crippen molar-refractivity contribution in [2.24, 2.45) is 0 Å². The molecule has 0 saturated heterocycles. The lowest BCUT2D eigenvalue weighted by molar-refractivity contribution is 0.620. The molecule has 2 rings (SSSR count). The maximum Gasteiger partial charge on any atom is 0.252 e. The van der Waals surface area contributed by atoms with Gasteiger partial charge in [-0.3, -0.25) is 4.79 Å². The smallest absolute Gasteiger partial charge is 0.252 e. The number of unbranched alkanes of at least 4 members (excludes halogenated alkanes) is 1. The summed E-state index contributed by atoms with van der Waals surface area (Å²) in [6, 6.07) is 1.45. The molecule has 2 N–H and O–H groups in total. The fourth-order valence-corrected chi connectivity index (χ4v) is 1.52. The first-order valence-electron chi connectivity index (χ1n) is 5.59. The van der Waals surface area contributed by atoms with Crippen molar-refractivity contribution < 1.29 is 0 Å². The molecule has 6 nitrogen and oxygen atoms in total. The fourth-order valence-electron chi connectivity index (χ4n) is 1.52. The minimum absolute atomic E-state index is 0.138. The maximum absolute atomic E-state index is 11.0. The quantitative estimate of drug-likeness (QED) is 0.725. The summed E-state index contributed by atoms with van der Waals surface area (Å²) in [7, 11) is 0. The van der Waals surface area contributed by atoms with Crippen LogP contribution in [0.3, 0.4) is 0 Å². The molecule has 17 heavy (non-hydrogen) atoms. The molecular formula is C11H15N5O. The Bertz CT molecular complexity index is 491. The number of rotatable bonds is 6. The highest BCUT2D eigenvalue weighted by atomic mass is 16.1. The molecule has 0 radical (unpaired) electrons. The van der Waals surface area contributed by atoms with Gasteiger partial charge >= 0.3 is 0 Å². The summed E-state index contributed by atoms with van der Waals surface area (Å²) in [5.41, 5.74) is -0.138. The van der Waals surface area contributed by atoms with E-state index in [1.807, 2.05) is 17.1 Å². The third-order valence-electron chi connectivity index (χ3n) is 2.39. The Labute approximate surface area is 98.7 Å². The van der Waals surface area contributed by atoms with E-state index in [2.05, 4.69) is 20.3 Å². The van der Waals surface area contributed by atoms with E-state index in [0.29, 0.717) is 5.82 Å². The van der Waals surface area contributed by atoms with E-state index in [0.717, 1.165) is 25.9 Å². The van der Waals surface area contributed by atoms with E-state index in [9.17, 15) is 4.79 Å². The molecule has 0 atom stereocenters. The second-order valence-electron chi connectivity index (χ2n) is 3.73. The van der Waals surface area contributed by atoms with Crippen molar-refractivity contribution in [3.63, 3.8) is 0 Å². The van der Waals surface area contributed by atoms with Crippen LogP contribution in [-0.2, 0) is 6.54 Å². The molecule has 0 fully saturated rings. The van der Waals surface area contributed by atoms with Crippen molar-refractivity contribution in [1.29, 1.82) is 0 Å². The number of imidazole rings is 1. The monoisotopic (exact) mass is 233 g/mol. The Morgan fingerprint density at radius 3 is 3.12 bits per heavy atom. The number of hydrogen-bond donors (Lipinski definition) is 2. The van der Waals surface area contributed by atoms with Gasteiger partial charge in [-0.25, -0.2) is 9.97 Å². The highest BCUT2D eigenvalue weighted by Crippen LogP contribution is 1.98. The van der Waals surface area contributed by atoms with E-state index in [1.165, 1.54) is 12.4 Å². The average molecular weight is 233 g/mol. The standard InChI is InChI=1S/C11H15N5O/c17-11-7-10(14-8-15-11)13-3-1-2-5-16-6-4-12-9-16/h4,6-9H,1-3,5H2,(H2,13,14,15,17). The summed E-state index contributed by atoms with van der Waals surface area (Å²) in [5.74, 6) is 0.622. The summed E-state index contributed by atoms with van der Waals surface area (Å²) >= 11 is 0. The molecule has 2 heterocycles.